The van der Waals surface area contributed by atoms with E-state index in [1.165, 1.54) is 6.20 Å². The lowest BCUT2D eigenvalue weighted by molar-refractivity contribution is -0.121. The number of carbonyl (C=O) groups excluding carboxylic acids is 2. The minimum absolute atomic E-state index is 0.0540. The quantitative estimate of drug-likeness (QED) is 0.750. The first-order valence-corrected chi connectivity index (χ1v) is 6.04. The summed E-state index contributed by atoms with van der Waals surface area (Å²) in [6.07, 6.45) is 3.09. The molecule has 0 saturated carbocycles. The molecule has 0 spiro atoms. The largest absolute Gasteiger partial charge is 0.386 e. The number of nitrogens with one attached hydrogen (secondary N) is 3. The molecule has 0 bridgehead atoms. The fourth-order valence-corrected chi connectivity index (χ4v) is 1.51. The van der Waals surface area contributed by atoms with Gasteiger partial charge in [-0.2, -0.15) is 0 Å². The van der Waals surface area contributed by atoms with Crippen molar-refractivity contribution in [2.75, 3.05) is 18.9 Å². The van der Waals surface area contributed by atoms with Crippen LogP contribution in [0.2, 0.25) is 0 Å². The van der Waals surface area contributed by atoms with Gasteiger partial charge >= 0.3 is 0 Å². The van der Waals surface area contributed by atoms with E-state index in [9.17, 15) is 9.59 Å². The molecule has 1 rings (SSSR count). The van der Waals surface area contributed by atoms with Crippen molar-refractivity contribution in [3.63, 3.8) is 0 Å². The van der Waals surface area contributed by atoms with E-state index in [-0.39, 0.29) is 23.9 Å². The molecule has 0 aliphatic heterocycles. The van der Waals surface area contributed by atoms with Crippen molar-refractivity contribution in [1.82, 2.24) is 15.6 Å². The van der Waals surface area contributed by atoms with Crippen molar-refractivity contribution in [2.24, 2.45) is 0 Å². The summed E-state index contributed by atoms with van der Waals surface area (Å²) in [5.41, 5.74) is 0.770. The lowest BCUT2D eigenvalue weighted by Gasteiger charge is -2.20. The number of hydrogen-bond donors (Lipinski definition) is 3. The monoisotopic (exact) mass is 264 g/mol. The Morgan fingerprint density at radius 1 is 1.32 bits per heavy atom. The first kappa shape index (κ1) is 14.9. The second-order valence-electron chi connectivity index (χ2n) is 5.15. The van der Waals surface area contributed by atoms with E-state index in [1.54, 1.807) is 19.3 Å². The van der Waals surface area contributed by atoms with Gasteiger partial charge < -0.3 is 16.0 Å². The number of carbonyl (C=O) groups is 2. The first-order valence-electron chi connectivity index (χ1n) is 6.04. The molecule has 1 aromatic heterocycles. The van der Waals surface area contributed by atoms with Crippen LogP contribution in [0.3, 0.4) is 0 Å². The maximum absolute atomic E-state index is 11.9. The van der Waals surface area contributed by atoms with Crippen molar-refractivity contribution < 1.29 is 9.59 Å². The SMILES string of the molecule is CNc1cnccc1C(=O)NCC(=O)NC(C)(C)C. The fourth-order valence-electron chi connectivity index (χ4n) is 1.51. The standard InChI is InChI=1S/C13H20N4O2/c1-13(2,3)17-11(18)8-16-12(19)9-5-6-15-7-10(9)14-4/h5-7,14H,8H2,1-4H3,(H,16,19)(H,17,18). The Morgan fingerprint density at radius 2 is 2.00 bits per heavy atom. The average molecular weight is 264 g/mol. The van der Waals surface area contributed by atoms with Crippen molar-refractivity contribution >= 4 is 17.5 Å². The molecule has 0 atom stereocenters. The van der Waals surface area contributed by atoms with E-state index in [0.29, 0.717) is 11.3 Å². The molecule has 6 heteroatoms. The molecule has 0 fully saturated rings. The van der Waals surface area contributed by atoms with Crippen molar-refractivity contribution in [3.05, 3.63) is 24.0 Å². The summed E-state index contributed by atoms with van der Waals surface area (Å²) in [6.45, 7) is 5.60. The Balaban J connectivity index is 2.59. The summed E-state index contributed by atoms with van der Waals surface area (Å²) in [4.78, 5) is 27.5. The van der Waals surface area contributed by atoms with Gasteiger partial charge in [-0.15, -0.1) is 0 Å². The number of rotatable bonds is 4. The molecule has 0 aromatic carbocycles. The van der Waals surface area contributed by atoms with Crippen molar-refractivity contribution in [2.45, 2.75) is 26.3 Å². The highest BCUT2D eigenvalue weighted by Gasteiger charge is 2.15. The third kappa shape index (κ3) is 4.95. The highest BCUT2D eigenvalue weighted by atomic mass is 16.2. The summed E-state index contributed by atoms with van der Waals surface area (Å²) in [7, 11) is 1.71. The molecule has 1 aromatic rings. The minimum Gasteiger partial charge on any atom is -0.386 e. The number of nitrogens with zero attached hydrogens (tertiary/aromatic N) is 1. The highest BCUT2D eigenvalue weighted by Crippen LogP contribution is 2.11. The van der Waals surface area contributed by atoms with Crippen LogP contribution in [0.5, 0.6) is 0 Å². The van der Waals surface area contributed by atoms with Gasteiger partial charge in [-0.3, -0.25) is 14.6 Å². The van der Waals surface area contributed by atoms with Crippen LogP contribution in [0, 0.1) is 0 Å². The third-order valence-corrected chi connectivity index (χ3v) is 2.26. The van der Waals surface area contributed by atoms with Gasteiger partial charge in [0.15, 0.2) is 0 Å². The fraction of sp³-hybridized carbons (Fsp3) is 0.462. The molecule has 2 amide bonds. The lowest BCUT2D eigenvalue weighted by atomic mass is 10.1. The molecular weight excluding hydrogens is 244 g/mol. The zero-order valence-electron chi connectivity index (χ0n) is 11.7. The Kier molecular flexibility index (Phi) is 4.86. The molecule has 0 aliphatic carbocycles. The summed E-state index contributed by atoms with van der Waals surface area (Å²) >= 11 is 0. The molecule has 0 radical (unpaired) electrons. The van der Waals surface area contributed by atoms with Crippen molar-refractivity contribution in [3.8, 4) is 0 Å². The van der Waals surface area contributed by atoms with E-state index in [2.05, 4.69) is 20.9 Å². The van der Waals surface area contributed by atoms with Crippen molar-refractivity contribution in [1.29, 1.82) is 0 Å². The molecule has 19 heavy (non-hydrogen) atoms. The summed E-state index contributed by atoms with van der Waals surface area (Å²) in [6, 6.07) is 1.60. The van der Waals surface area contributed by atoms with Crippen LogP contribution in [0.15, 0.2) is 18.5 Å². The molecule has 0 saturated heterocycles. The number of hydrogen-bond acceptors (Lipinski definition) is 4. The number of aromatic nitrogens is 1. The van der Waals surface area contributed by atoms with Gasteiger partial charge in [-0.25, -0.2) is 0 Å². The van der Waals surface area contributed by atoms with Crippen LogP contribution in [-0.4, -0.2) is 35.9 Å². The van der Waals surface area contributed by atoms with Crippen LogP contribution in [-0.2, 0) is 4.79 Å². The molecular formula is C13H20N4O2. The van der Waals surface area contributed by atoms with Crippen LogP contribution in [0.1, 0.15) is 31.1 Å². The summed E-state index contributed by atoms with van der Waals surface area (Å²) in [5.74, 6) is -0.531. The lowest BCUT2D eigenvalue weighted by Crippen LogP contribution is -2.45. The first-order chi connectivity index (χ1) is 8.83. The minimum atomic E-state index is -0.311. The average Bonchev–Trinajstić information content (AvgIpc) is 2.33. The summed E-state index contributed by atoms with van der Waals surface area (Å²) in [5, 5.41) is 8.23. The van der Waals surface area contributed by atoms with E-state index in [4.69, 9.17) is 0 Å². The molecule has 6 nitrogen and oxygen atoms in total. The third-order valence-electron chi connectivity index (χ3n) is 2.26. The Morgan fingerprint density at radius 3 is 2.58 bits per heavy atom. The number of amides is 2. The van der Waals surface area contributed by atoms with E-state index < -0.39 is 0 Å². The van der Waals surface area contributed by atoms with Gasteiger partial charge in [-0.1, -0.05) is 0 Å². The molecule has 0 aliphatic rings. The Labute approximate surface area is 113 Å². The maximum Gasteiger partial charge on any atom is 0.253 e. The topological polar surface area (TPSA) is 83.1 Å². The number of anilines is 1. The van der Waals surface area contributed by atoms with Crippen LogP contribution in [0.4, 0.5) is 5.69 Å². The normalized spacial score (nSPS) is 10.7. The predicted octanol–water partition coefficient (Wildman–Crippen LogP) is 0.768. The molecule has 104 valence electrons. The second kappa shape index (κ2) is 6.17. The predicted molar refractivity (Wildman–Crippen MR) is 74.0 cm³/mol. The smallest absolute Gasteiger partial charge is 0.253 e. The second-order valence-corrected chi connectivity index (χ2v) is 5.15. The Hall–Kier alpha value is -2.11. The molecule has 0 unspecified atom stereocenters. The summed E-state index contributed by atoms with van der Waals surface area (Å²) < 4.78 is 0. The van der Waals surface area contributed by atoms with E-state index in [1.807, 2.05) is 20.8 Å². The maximum atomic E-state index is 11.9. The zero-order chi connectivity index (χ0) is 14.5. The van der Waals surface area contributed by atoms with E-state index >= 15 is 0 Å². The van der Waals surface area contributed by atoms with Gasteiger partial charge in [0.05, 0.1) is 24.0 Å². The highest BCUT2D eigenvalue weighted by molar-refractivity contribution is 6.00. The van der Waals surface area contributed by atoms with Gasteiger partial charge in [0.1, 0.15) is 0 Å². The van der Waals surface area contributed by atoms with E-state index in [0.717, 1.165) is 0 Å². The van der Waals surface area contributed by atoms with Gasteiger partial charge in [-0.05, 0) is 26.8 Å². The number of pyridine rings is 1. The Bertz CT molecular complexity index is 466. The van der Waals surface area contributed by atoms with Crippen LogP contribution < -0.4 is 16.0 Å². The zero-order valence-corrected chi connectivity index (χ0v) is 11.7. The van der Waals surface area contributed by atoms with Crippen LogP contribution >= 0.6 is 0 Å². The van der Waals surface area contributed by atoms with Gasteiger partial charge in [0.2, 0.25) is 5.91 Å². The van der Waals surface area contributed by atoms with Gasteiger partial charge in [0, 0.05) is 18.8 Å². The van der Waals surface area contributed by atoms with Gasteiger partial charge in [0.25, 0.3) is 5.91 Å². The van der Waals surface area contributed by atoms with Crippen LogP contribution in [0.25, 0.3) is 0 Å². The molecule has 1 heterocycles. The molecule has 3 N–H and O–H groups in total.